The van der Waals surface area contributed by atoms with Crippen molar-refractivity contribution in [1.82, 2.24) is 9.31 Å². The number of aryl methyl sites for hydroxylation is 1. The summed E-state index contributed by atoms with van der Waals surface area (Å²) in [7, 11) is -3.97. The molecule has 220 valence electrons. The fourth-order valence-corrected chi connectivity index (χ4v) is 8.03. The van der Waals surface area contributed by atoms with Crippen molar-refractivity contribution in [1.29, 1.82) is 0 Å². The van der Waals surface area contributed by atoms with Crippen LogP contribution in [-0.2, 0) is 26.0 Å². The average molecular weight is 586 g/mol. The fourth-order valence-electron chi connectivity index (χ4n) is 6.64. The van der Waals surface area contributed by atoms with Crippen molar-refractivity contribution in [3.63, 3.8) is 0 Å². The monoisotopic (exact) mass is 585 g/mol. The molecular formula is C34H39N3O4S. The maximum Gasteiger partial charge on any atom is 0.280 e. The summed E-state index contributed by atoms with van der Waals surface area (Å²) >= 11 is 0. The molecule has 1 saturated heterocycles. The summed E-state index contributed by atoms with van der Waals surface area (Å²) in [5.74, 6) is -1.10. The van der Waals surface area contributed by atoms with Gasteiger partial charge in [-0.1, -0.05) is 75.7 Å². The standard InChI is InChI=1S/C34H39N3O4S/c1-6-9-17-28-27(22(4)33-31(34(39)37(28)33)23(5)29(38)14-8-3)21-36-35-32(25-15-11-10-12-16-25)26-20-24(13-7-2)18-19-30(26)42(36,40)41/h6,8,10-12,15-16,18-20,22-23,31,33H,1,3,7,9,13-14,17,21H2,2,4-5H3/t22?,23-,31?,33?/m0/s1. The van der Waals surface area contributed by atoms with Crippen LogP contribution in [-0.4, -0.2) is 47.7 Å². The molecule has 1 amide bonds. The zero-order valence-electron chi connectivity index (χ0n) is 24.6. The first-order valence-corrected chi connectivity index (χ1v) is 16.2. The number of fused-ring (bicyclic) bond motifs is 2. The highest BCUT2D eigenvalue weighted by atomic mass is 32.2. The summed E-state index contributed by atoms with van der Waals surface area (Å²) in [5.41, 5.74) is 4.81. The van der Waals surface area contributed by atoms with Gasteiger partial charge in [0.2, 0.25) is 5.91 Å². The van der Waals surface area contributed by atoms with Crippen LogP contribution in [0.2, 0.25) is 0 Å². The van der Waals surface area contributed by atoms with E-state index in [1.165, 1.54) is 4.41 Å². The third-order valence-corrected chi connectivity index (χ3v) is 10.5. The molecule has 0 spiro atoms. The lowest BCUT2D eigenvalue weighted by Crippen LogP contribution is -2.62. The largest absolute Gasteiger partial charge is 0.311 e. The van der Waals surface area contributed by atoms with E-state index in [0.717, 1.165) is 35.2 Å². The first-order chi connectivity index (χ1) is 20.1. The van der Waals surface area contributed by atoms with Crippen molar-refractivity contribution in [3.8, 4) is 0 Å². The van der Waals surface area contributed by atoms with E-state index in [-0.39, 0.29) is 41.5 Å². The summed E-state index contributed by atoms with van der Waals surface area (Å²) in [6.45, 7) is 13.5. The molecule has 3 heterocycles. The van der Waals surface area contributed by atoms with Crippen molar-refractivity contribution in [3.05, 3.63) is 102 Å². The highest BCUT2D eigenvalue weighted by Gasteiger charge is 2.59. The van der Waals surface area contributed by atoms with Crippen molar-refractivity contribution in [2.45, 2.75) is 63.8 Å². The van der Waals surface area contributed by atoms with Gasteiger partial charge >= 0.3 is 0 Å². The van der Waals surface area contributed by atoms with Crippen molar-refractivity contribution in [2.75, 3.05) is 6.54 Å². The Morgan fingerprint density at radius 2 is 1.83 bits per heavy atom. The van der Waals surface area contributed by atoms with Crippen LogP contribution in [0.3, 0.4) is 0 Å². The number of hydrogen-bond donors (Lipinski definition) is 0. The van der Waals surface area contributed by atoms with Gasteiger partial charge in [0, 0.05) is 35.1 Å². The van der Waals surface area contributed by atoms with Crippen LogP contribution in [0.4, 0.5) is 0 Å². The van der Waals surface area contributed by atoms with E-state index in [1.54, 1.807) is 23.1 Å². The lowest BCUT2D eigenvalue weighted by atomic mass is 9.72. The van der Waals surface area contributed by atoms with Crippen molar-refractivity contribution >= 4 is 27.4 Å². The minimum Gasteiger partial charge on any atom is -0.311 e. The van der Waals surface area contributed by atoms with Crippen LogP contribution < -0.4 is 0 Å². The Bertz CT molecular complexity index is 1590. The van der Waals surface area contributed by atoms with Crippen LogP contribution in [0.25, 0.3) is 0 Å². The summed E-state index contributed by atoms with van der Waals surface area (Å²) in [4.78, 5) is 28.3. The molecule has 2 aromatic rings. The van der Waals surface area contributed by atoms with Crippen LogP contribution in [0, 0.1) is 17.8 Å². The molecule has 2 aromatic carbocycles. The van der Waals surface area contributed by atoms with Gasteiger partial charge < -0.3 is 4.90 Å². The van der Waals surface area contributed by atoms with E-state index in [0.29, 0.717) is 24.1 Å². The molecule has 0 aliphatic carbocycles. The Labute approximate surface area is 249 Å². The van der Waals surface area contributed by atoms with Crippen molar-refractivity contribution in [2.24, 2.45) is 22.9 Å². The van der Waals surface area contributed by atoms with Crippen molar-refractivity contribution < 1.29 is 18.0 Å². The van der Waals surface area contributed by atoms with Gasteiger partial charge in [0.15, 0.2) is 0 Å². The number of hydrazone groups is 1. The molecule has 8 heteroatoms. The number of rotatable bonds is 12. The predicted molar refractivity (Wildman–Crippen MR) is 165 cm³/mol. The third-order valence-electron chi connectivity index (χ3n) is 8.85. The number of allylic oxidation sites excluding steroid dienone is 3. The molecule has 0 saturated carbocycles. The lowest BCUT2D eigenvalue weighted by molar-refractivity contribution is -0.159. The molecular weight excluding hydrogens is 546 g/mol. The molecule has 0 aromatic heterocycles. The molecule has 42 heavy (non-hydrogen) atoms. The van der Waals surface area contributed by atoms with Crippen LogP contribution >= 0.6 is 0 Å². The molecule has 0 radical (unpaired) electrons. The number of benzene rings is 2. The van der Waals surface area contributed by atoms with Gasteiger partial charge in [-0.25, -0.2) is 0 Å². The first-order valence-electron chi connectivity index (χ1n) is 14.7. The summed E-state index contributed by atoms with van der Waals surface area (Å²) in [6, 6.07) is 15.0. The Balaban J connectivity index is 1.57. The van der Waals surface area contributed by atoms with Crippen LogP contribution in [0.15, 0.2) is 95.1 Å². The molecule has 1 fully saturated rings. The number of ketones is 1. The van der Waals surface area contributed by atoms with Gasteiger partial charge in [0.05, 0.1) is 23.4 Å². The highest BCUT2D eigenvalue weighted by Crippen LogP contribution is 2.50. The number of carbonyl (C=O) groups is 2. The zero-order valence-corrected chi connectivity index (χ0v) is 25.4. The number of sulfonamides is 1. The molecule has 3 unspecified atom stereocenters. The minimum absolute atomic E-state index is 0.00829. The maximum atomic E-state index is 14.1. The second-order valence-electron chi connectivity index (χ2n) is 11.4. The second kappa shape index (κ2) is 11.8. The zero-order chi connectivity index (χ0) is 30.2. The van der Waals surface area contributed by atoms with Crippen LogP contribution in [0.1, 0.15) is 63.1 Å². The van der Waals surface area contributed by atoms with Gasteiger partial charge in [-0.15, -0.1) is 13.2 Å². The molecule has 0 bridgehead atoms. The predicted octanol–water partition coefficient (Wildman–Crippen LogP) is 5.87. The maximum absolute atomic E-state index is 14.1. The third kappa shape index (κ3) is 4.96. The fraction of sp³-hybridized carbons (Fsp3) is 0.382. The van der Waals surface area contributed by atoms with E-state index in [4.69, 9.17) is 5.10 Å². The Kier molecular flexibility index (Phi) is 8.37. The summed E-state index contributed by atoms with van der Waals surface area (Å²) in [5, 5.41) is 4.80. The Morgan fingerprint density at radius 3 is 2.50 bits per heavy atom. The molecule has 3 aliphatic rings. The van der Waals surface area contributed by atoms with Gasteiger partial charge in [0.25, 0.3) is 10.0 Å². The number of carbonyl (C=O) groups excluding carboxylic acids is 2. The average Bonchev–Trinajstić information content (AvgIpc) is 3.20. The number of amides is 1. The summed E-state index contributed by atoms with van der Waals surface area (Å²) in [6.07, 6.45) is 6.59. The molecule has 7 nitrogen and oxygen atoms in total. The van der Waals surface area contributed by atoms with Gasteiger partial charge in [-0.05, 0) is 42.5 Å². The molecule has 0 N–H and O–H groups in total. The quantitative estimate of drug-likeness (QED) is 0.230. The van der Waals surface area contributed by atoms with E-state index in [2.05, 4.69) is 20.1 Å². The SMILES string of the molecule is C=CCCC1=C(CN2N=C(c3ccccc3)c3cc(CCC)ccc3S2(=O)=O)C(C)C2C([C@@H](C)C(=O)CC=C)C(=O)N12. The van der Waals surface area contributed by atoms with E-state index >= 15 is 0 Å². The van der Waals surface area contributed by atoms with Crippen LogP contribution in [0.5, 0.6) is 0 Å². The number of β-lactam (4-membered cyclic amide) rings is 1. The molecule has 4 atom stereocenters. The summed E-state index contributed by atoms with van der Waals surface area (Å²) < 4.78 is 29.4. The van der Waals surface area contributed by atoms with Gasteiger partial charge in [-0.2, -0.15) is 17.9 Å². The van der Waals surface area contributed by atoms with E-state index in [1.807, 2.05) is 56.3 Å². The second-order valence-corrected chi connectivity index (χ2v) is 13.3. The normalized spacial score (nSPS) is 23.1. The first kappa shape index (κ1) is 29.7. The topological polar surface area (TPSA) is 87.1 Å². The Morgan fingerprint density at radius 1 is 1.10 bits per heavy atom. The number of nitrogens with zero attached hydrogens (tertiary/aromatic N) is 3. The molecule has 3 aliphatic heterocycles. The highest BCUT2D eigenvalue weighted by molar-refractivity contribution is 7.89. The van der Waals surface area contributed by atoms with E-state index in [9.17, 15) is 18.0 Å². The number of Topliss-reactive ketones (excluding diaryl/α,β-unsaturated/α-hetero) is 1. The molecule has 5 rings (SSSR count). The smallest absolute Gasteiger partial charge is 0.280 e. The number of hydrogen-bond acceptors (Lipinski definition) is 5. The van der Waals surface area contributed by atoms with Gasteiger partial charge in [0.1, 0.15) is 11.5 Å². The van der Waals surface area contributed by atoms with E-state index < -0.39 is 21.9 Å². The van der Waals surface area contributed by atoms with Gasteiger partial charge in [-0.3, -0.25) is 9.59 Å². The lowest BCUT2D eigenvalue weighted by Gasteiger charge is -2.48. The minimum atomic E-state index is -3.97. The Hall–Kier alpha value is -3.78.